The normalized spacial score (nSPS) is 21.5. The van der Waals surface area contributed by atoms with E-state index in [4.69, 9.17) is 17.0 Å². The lowest BCUT2D eigenvalue weighted by molar-refractivity contribution is -0.132. The van der Waals surface area contributed by atoms with Crippen LogP contribution >= 0.6 is 12.2 Å². The topological polar surface area (TPSA) is 54.8 Å². The zero-order valence-electron chi connectivity index (χ0n) is 15.0. The quantitative estimate of drug-likeness (QED) is 0.469. The SMILES string of the molecule is Cc1cc(C=C2C(=O)N(C)C(=S)N(C)C2=O)c(C)n1C[C@H]1CCCO1. The zero-order valence-corrected chi connectivity index (χ0v) is 15.9. The van der Waals surface area contributed by atoms with Crippen LogP contribution in [0.4, 0.5) is 0 Å². The summed E-state index contributed by atoms with van der Waals surface area (Å²) in [4.78, 5) is 27.6. The van der Waals surface area contributed by atoms with Crippen LogP contribution in [0.5, 0.6) is 0 Å². The smallest absolute Gasteiger partial charge is 0.265 e. The first-order valence-corrected chi connectivity index (χ1v) is 8.82. The lowest BCUT2D eigenvalue weighted by Crippen LogP contribution is -2.52. The molecule has 0 bridgehead atoms. The number of carbonyl (C=O) groups excluding carboxylic acids is 2. The van der Waals surface area contributed by atoms with Gasteiger partial charge in [-0.1, -0.05) is 0 Å². The summed E-state index contributed by atoms with van der Waals surface area (Å²) in [7, 11) is 3.17. The third-order valence-electron chi connectivity index (χ3n) is 4.97. The van der Waals surface area contributed by atoms with Crippen molar-refractivity contribution in [1.82, 2.24) is 14.4 Å². The lowest BCUT2D eigenvalue weighted by Gasteiger charge is -2.31. The first-order chi connectivity index (χ1) is 11.8. The van der Waals surface area contributed by atoms with E-state index < -0.39 is 0 Å². The third kappa shape index (κ3) is 3.14. The van der Waals surface area contributed by atoms with Gasteiger partial charge >= 0.3 is 0 Å². The molecule has 0 radical (unpaired) electrons. The summed E-state index contributed by atoms with van der Waals surface area (Å²) < 4.78 is 7.92. The molecule has 3 heterocycles. The molecule has 2 fully saturated rings. The van der Waals surface area contributed by atoms with Crippen molar-refractivity contribution in [2.45, 2.75) is 39.3 Å². The average Bonchev–Trinajstić information content (AvgIpc) is 3.19. The van der Waals surface area contributed by atoms with Crippen LogP contribution in [0.1, 0.15) is 29.8 Å². The van der Waals surface area contributed by atoms with Gasteiger partial charge in [0.05, 0.1) is 6.10 Å². The highest BCUT2D eigenvalue weighted by atomic mass is 32.1. The molecule has 1 aromatic heterocycles. The maximum atomic E-state index is 12.5. The molecule has 3 rings (SSSR count). The monoisotopic (exact) mass is 361 g/mol. The van der Waals surface area contributed by atoms with E-state index in [1.165, 1.54) is 9.80 Å². The second-order valence-electron chi connectivity index (χ2n) is 6.64. The second kappa shape index (κ2) is 6.72. The standard InChI is InChI=1S/C18H23N3O3S/c1-11-8-13(12(2)21(11)10-14-6-5-7-24-14)9-15-16(22)19(3)18(25)20(4)17(15)23/h8-9,14H,5-7,10H2,1-4H3/t14-/m1/s1. The van der Waals surface area contributed by atoms with Crippen LogP contribution in [0.15, 0.2) is 11.6 Å². The summed E-state index contributed by atoms with van der Waals surface area (Å²) in [6.07, 6.45) is 4.08. The van der Waals surface area contributed by atoms with Crippen LogP contribution in [0.3, 0.4) is 0 Å². The number of likely N-dealkylation sites (N-methyl/N-ethyl adjacent to an activating group) is 2. The number of ether oxygens (including phenoxy) is 1. The summed E-state index contributed by atoms with van der Waals surface area (Å²) >= 11 is 5.12. The summed E-state index contributed by atoms with van der Waals surface area (Å²) in [6, 6.07) is 2.00. The first-order valence-electron chi connectivity index (χ1n) is 8.41. The Morgan fingerprint density at radius 2 is 1.88 bits per heavy atom. The van der Waals surface area contributed by atoms with Crippen molar-refractivity contribution in [2.24, 2.45) is 0 Å². The number of hydrogen-bond donors (Lipinski definition) is 0. The molecule has 0 aliphatic carbocycles. The Hall–Kier alpha value is -1.99. The van der Waals surface area contributed by atoms with E-state index in [1.54, 1.807) is 20.2 Å². The van der Waals surface area contributed by atoms with Crippen molar-refractivity contribution in [3.8, 4) is 0 Å². The van der Waals surface area contributed by atoms with Gasteiger partial charge < -0.3 is 9.30 Å². The van der Waals surface area contributed by atoms with Crippen molar-refractivity contribution in [3.63, 3.8) is 0 Å². The van der Waals surface area contributed by atoms with Crippen LogP contribution < -0.4 is 0 Å². The van der Waals surface area contributed by atoms with Gasteiger partial charge in [0.25, 0.3) is 11.8 Å². The Kier molecular flexibility index (Phi) is 4.79. The summed E-state index contributed by atoms with van der Waals surface area (Å²) in [5.74, 6) is -0.728. The number of rotatable bonds is 3. The third-order valence-corrected chi connectivity index (χ3v) is 5.51. The highest BCUT2D eigenvalue weighted by Gasteiger charge is 2.35. The van der Waals surface area contributed by atoms with Gasteiger partial charge in [-0.25, -0.2) is 0 Å². The van der Waals surface area contributed by atoms with Gasteiger partial charge in [0.1, 0.15) is 5.57 Å². The molecule has 0 saturated carbocycles. The molecular formula is C18H23N3O3S. The average molecular weight is 361 g/mol. The predicted molar refractivity (Wildman–Crippen MR) is 99.0 cm³/mol. The van der Waals surface area contributed by atoms with Crippen LogP contribution in [0.25, 0.3) is 6.08 Å². The van der Waals surface area contributed by atoms with Crippen LogP contribution in [0.2, 0.25) is 0 Å². The fourth-order valence-corrected chi connectivity index (χ4v) is 3.54. The number of thiocarbonyl (C=S) groups is 1. The number of hydrogen-bond acceptors (Lipinski definition) is 4. The van der Waals surface area contributed by atoms with Crippen molar-refractivity contribution in [1.29, 1.82) is 0 Å². The van der Waals surface area contributed by atoms with E-state index in [0.717, 1.165) is 42.9 Å². The largest absolute Gasteiger partial charge is 0.376 e. The molecule has 0 N–H and O–H groups in total. The van der Waals surface area contributed by atoms with E-state index in [-0.39, 0.29) is 28.6 Å². The Balaban J connectivity index is 1.94. The van der Waals surface area contributed by atoms with Gasteiger partial charge in [-0.05, 0) is 56.6 Å². The number of nitrogens with zero attached hydrogens (tertiary/aromatic N) is 3. The summed E-state index contributed by atoms with van der Waals surface area (Å²) in [5.41, 5.74) is 3.13. The molecule has 0 spiro atoms. The number of amides is 2. The van der Waals surface area contributed by atoms with Crippen molar-refractivity contribution in [2.75, 3.05) is 20.7 Å². The Labute approximate surface area is 153 Å². The van der Waals surface area contributed by atoms with Gasteiger partial charge in [0, 0.05) is 38.6 Å². The minimum atomic E-state index is -0.364. The van der Waals surface area contributed by atoms with Gasteiger partial charge in [-0.2, -0.15) is 0 Å². The van der Waals surface area contributed by atoms with Crippen molar-refractivity contribution < 1.29 is 14.3 Å². The van der Waals surface area contributed by atoms with Crippen LogP contribution in [-0.2, 0) is 20.9 Å². The van der Waals surface area contributed by atoms with Gasteiger partial charge in [0.2, 0.25) is 0 Å². The minimum absolute atomic E-state index is 0.135. The molecule has 2 amide bonds. The first kappa shape index (κ1) is 17.8. The molecule has 2 aliphatic heterocycles. The number of aryl methyl sites for hydroxylation is 1. The minimum Gasteiger partial charge on any atom is -0.376 e. The predicted octanol–water partition coefficient (Wildman–Crippen LogP) is 1.88. The number of carbonyl (C=O) groups is 2. The molecule has 25 heavy (non-hydrogen) atoms. The van der Waals surface area contributed by atoms with E-state index in [1.807, 2.05) is 19.9 Å². The van der Waals surface area contributed by atoms with Crippen molar-refractivity contribution >= 4 is 35.2 Å². The Bertz CT molecular complexity index is 749. The fraction of sp³-hybridized carbons (Fsp3) is 0.500. The molecular weight excluding hydrogens is 338 g/mol. The van der Waals surface area contributed by atoms with E-state index in [2.05, 4.69) is 4.57 Å². The zero-order chi connectivity index (χ0) is 18.3. The molecule has 1 aromatic rings. The van der Waals surface area contributed by atoms with Gasteiger partial charge in [-0.3, -0.25) is 19.4 Å². The molecule has 0 unspecified atom stereocenters. The van der Waals surface area contributed by atoms with Gasteiger partial charge in [-0.15, -0.1) is 0 Å². The number of aromatic nitrogens is 1. The molecule has 1 atom stereocenters. The fourth-order valence-electron chi connectivity index (χ4n) is 3.38. The maximum absolute atomic E-state index is 12.5. The molecule has 2 saturated heterocycles. The molecule has 2 aliphatic rings. The van der Waals surface area contributed by atoms with Crippen LogP contribution in [-0.4, -0.2) is 58.1 Å². The Morgan fingerprint density at radius 1 is 1.24 bits per heavy atom. The van der Waals surface area contributed by atoms with Gasteiger partial charge in [0.15, 0.2) is 5.11 Å². The second-order valence-corrected chi connectivity index (χ2v) is 7.01. The summed E-state index contributed by atoms with van der Waals surface area (Å²) in [6.45, 7) is 5.65. The van der Waals surface area contributed by atoms with E-state index >= 15 is 0 Å². The lowest BCUT2D eigenvalue weighted by atomic mass is 10.1. The maximum Gasteiger partial charge on any atom is 0.265 e. The van der Waals surface area contributed by atoms with Crippen molar-refractivity contribution in [3.05, 3.63) is 28.6 Å². The van der Waals surface area contributed by atoms with E-state index in [0.29, 0.717) is 0 Å². The molecule has 6 nitrogen and oxygen atoms in total. The highest BCUT2D eigenvalue weighted by molar-refractivity contribution is 7.80. The Morgan fingerprint density at radius 3 is 2.44 bits per heavy atom. The molecule has 0 aromatic carbocycles. The highest BCUT2D eigenvalue weighted by Crippen LogP contribution is 2.24. The molecule has 7 heteroatoms. The van der Waals surface area contributed by atoms with Crippen LogP contribution in [0, 0.1) is 13.8 Å². The van der Waals surface area contributed by atoms with E-state index in [9.17, 15) is 9.59 Å². The molecule has 134 valence electrons. The summed E-state index contributed by atoms with van der Waals surface area (Å²) in [5, 5.41) is 0.219.